The molecule has 0 bridgehead atoms. The molecule has 0 unspecified atom stereocenters. The van der Waals surface area contributed by atoms with E-state index in [0.717, 1.165) is 16.7 Å². The number of ether oxygens (including phenoxy) is 1. The van der Waals surface area contributed by atoms with Crippen LogP contribution in [0.4, 0.5) is 13.2 Å². The van der Waals surface area contributed by atoms with Crippen LogP contribution in [0.1, 0.15) is 16.8 Å². The lowest BCUT2D eigenvalue weighted by Gasteiger charge is -2.16. The summed E-state index contributed by atoms with van der Waals surface area (Å²) in [5.74, 6) is -2.08. The number of rotatable bonds is 5. The number of halogens is 5. The lowest BCUT2D eigenvalue weighted by Crippen LogP contribution is -2.23. The standard InChI is InChI=1S/C20H16ClF3N2O2.ClH/c1-11-6-18(28-10-13-3-4-14(22)8-16(13)24)19(21)20(27)26(11)17-7-12(9-25)2-5-15(17)23;/h2-8H,9-10,25H2,1H3;1H. The first-order chi connectivity index (χ1) is 13.3. The lowest BCUT2D eigenvalue weighted by atomic mass is 10.1. The number of benzene rings is 2. The molecular weight excluding hydrogens is 428 g/mol. The van der Waals surface area contributed by atoms with Crippen LogP contribution in [0.5, 0.6) is 5.75 Å². The van der Waals surface area contributed by atoms with Crippen molar-refractivity contribution < 1.29 is 17.9 Å². The molecule has 2 aromatic carbocycles. The Balaban J connectivity index is 0.00000300. The van der Waals surface area contributed by atoms with Crippen molar-refractivity contribution in [2.24, 2.45) is 5.73 Å². The molecule has 0 spiro atoms. The third-order valence-corrected chi connectivity index (χ3v) is 4.53. The number of aromatic nitrogens is 1. The van der Waals surface area contributed by atoms with E-state index in [1.54, 1.807) is 6.92 Å². The predicted octanol–water partition coefficient (Wildman–Crippen LogP) is 4.68. The van der Waals surface area contributed by atoms with Gasteiger partial charge in [0, 0.05) is 29.9 Å². The van der Waals surface area contributed by atoms with Crippen LogP contribution >= 0.6 is 24.0 Å². The van der Waals surface area contributed by atoms with Crippen LogP contribution in [-0.4, -0.2) is 4.57 Å². The van der Waals surface area contributed by atoms with Crippen molar-refractivity contribution in [3.8, 4) is 11.4 Å². The highest BCUT2D eigenvalue weighted by Gasteiger charge is 2.17. The highest BCUT2D eigenvalue weighted by Crippen LogP contribution is 2.26. The van der Waals surface area contributed by atoms with E-state index in [0.29, 0.717) is 11.3 Å². The van der Waals surface area contributed by atoms with Crippen molar-refractivity contribution in [2.75, 3.05) is 0 Å². The van der Waals surface area contributed by atoms with E-state index in [4.69, 9.17) is 22.1 Å². The third-order valence-electron chi connectivity index (χ3n) is 4.19. The minimum Gasteiger partial charge on any atom is -0.487 e. The normalized spacial score (nSPS) is 10.6. The summed E-state index contributed by atoms with van der Waals surface area (Å²) >= 11 is 6.12. The number of nitrogens with two attached hydrogens (primary N) is 1. The summed E-state index contributed by atoms with van der Waals surface area (Å²) < 4.78 is 47.6. The van der Waals surface area contributed by atoms with Gasteiger partial charge in [0.25, 0.3) is 5.56 Å². The Bertz CT molecular complexity index is 1100. The second kappa shape index (κ2) is 9.35. The molecule has 0 aliphatic rings. The summed E-state index contributed by atoms with van der Waals surface area (Å²) in [5.41, 5.74) is 6.01. The maximum absolute atomic E-state index is 14.3. The second-order valence-corrected chi connectivity index (χ2v) is 6.50. The van der Waals surface area contributed by atoms with Crippen LogP contribution in [0.2, 0.25) is 5.02 Å². The number of pyridine rings is 1. The Morgan fingerprint density at radius 2 is 1.79 bits per heavy atom. The summed E-state index contributed by atoms with van der Waals surface area (Å²) in [6, 6.07) is 8.72. The van der Waals surface area contributed by atoms with Crippen LogP contribution in [0, 0.1) is 24.4 Å². The van der Waals surface area contributed by atoms with Crippen LogP contribution in [0.25, 0.3) is 5.69 Å². The van der Waals surface area contributed by atoms with Gasteiger partial charge in [-0.15, -0.1) is 12.4 Å². The molecule has 1 heterocycles. The van der Waals surface area contributed by atoms with Gasteiger partial charge in [0.2, 0.25) is 0 Å². The van der Waals surface area contributed by atoms with Gasteiger partial charge in [0.05, 0.1) is 5.69 Å². The predicted molar refractivity (Wildman–Crippen MR) is 108 cm³/mol. The van der Waals surface area contributed by atoms with Gasteiger partial charge in [-0.05, 0) is 36.8 Å². The third kappa shape index (κ3) is 4.75. The smallest absolute Gasteiger partial charge is 0.277 e. The van der Waals surface area contributed by atoms with E-state index >= 15 is 0 Å². The van der Waals surface area contributed by atoms with E-state index in [2.05, 4.69) is 0 Å². The molecule has 3 aromatic rings. The fraction of sp³-hybridized carbons (Fsp3) is 0.150. The average molecular weight is 445 g/mol. The van der Waals surface area contributed by atoms with Gasteiger partial charge >= 0.3 is 0 Å². The molecule has 0 saturated carbocycles. The Hall–Kier alpha value is -2.48. The van der Waals surface area contributed by atoms with E-state index in [1.165, 1.54) is 30.3 Å². The van der Waals surface area contributed by atoms with Crippen molar-refractivity contribution in [1.29, 1.82) is 0 Å². The lowest BCUT2D eigenvalue weighted by molar-refractivity contribution is 0.298. The first-order valence-corrected chi connectivity index (χ1v) is 8.67. The number of nitrogens with zero attached hydrogens (tertiary/aromatic N) is 1. The largest absolute Gasteiger partial charge is 0.487 e. The molecule has 0 amide bonds. The molecule has 9 heteroatoms. The Morgan fingerprint density at radius 3 is 2.45 bits per heavy atom. The van der Waals surface area contributed by atoms with Crippen molar-refractivity contribution in [3.63, 3.8) is 0 Å². The maximum atomic E-state index is 14.3. The summed E-state index contributed by atoms with van der Waals surface area (Å²) in [6.45, 7) is 1.50. The maximum Gasteiger partial charge on any atom is 0.277 e. The van der Waals surface area contributed by atoms with Gasteiger partial charge < -0.3 is 10.5 Å². The van der Waals surface area contributed by atoms with E-state index in [-0.39, 0.29) is 47.6 Å². The van der Waals surface area contributed by atoms with Crippen molar-refractivity contribution in [1.82, 2.24) is 4.57 Å². The average Bonchev–Trinajstić information content (AvgIpc) is 2.66. The van der Waals surface area contributed by atoms with Crippen LogP contribution < -0.4 is 16.0 Å². The number of hydrogen-bond donors (Lipinski definition) is 1. The van der Waals surface area contributed by atoms with Gasteiger partial charge in [0.1, 0.15) is 34.8 Å². The molecule has 0 saturated heterocycles. The van der Waals surface area contributed by atoms with E-state index < -0.39 is 23.0 Å². The second-order valence-electron chi connectivity index (χ2n) is 6.12. The highest BCUT2D eigenvalue weighted by molar-refractivity contribution is 6.31. The first-order valence-electron chi connectivity index (χ1n) is 8.29. The van der Waals surface area contributed by atoms with Crippen LogP contribution in [0.3, 0.4) is 0 Å². The van der Waals surface area contributed by atoms with Gasteiger partial charge in [-0.2, -0.15) is 0 Å². The first kappa shape index (κ1) is 22.8. The SMILES string of the molecule is Cc1cc(OCc2ccc(F)cc2F)c(Cl)c(=O)n1-c1cc(CN)ccc1F.Cl. The number of hydrogen-bond acceptors (Lipinski definition) is 3. The molecule has 0 fully saturated rings. The summed E-state index contributed by atoms with van der Waals surface area (Å²) in [7, 11) is 0. The molecule has 3 rings (SSSR count). The van der Waals surface area contributed by atoms with Gasteiger partial charge in [-0.1, -0.05) is 17.7 Å². The molecule has 0 atom stereocenters. The molecule has 0 radical (unpaired) electrons. The van der Waals surface area contributed by atoms with Crippen LogP contribution in [0.15, 0.2) is 47.3 Å². The van der Waals surface area contributed by atoms with E-state index in [9.17, 15) is 18.0 Å². The van der Waals surface area contributed by atoms with Crippen LogP contribution in [-0.2, 0) is 13.2 Å². The molecule has 0 aliphatic heterocycles. The van der Waals surface area contributed by atoms with Crippen molar-refractivity contribution >= 4 is 24.0 Å². The van der Waals surface area contributed by atoms with Crippen molar-refractivity contribution in [3.05, 3.63) is 92.1 Å². The topological polar surface area (TPSA) is 57.2 Å². The molecular formula is C20H17Cl2F3N2O2. The quantitative estimate of drug-likeness (QED) is 0.621. The van der Waals surface area contributed by atoms with E-state index in [1.807, 2.05) is 0 Å². The summed E-state index contributed by atoms with van der Waals surface area (Å²) in [4.78, 5) is 12.7. The fourth-order valence-electron chi connectivity index (χ4n) is 2.74. The van der Waals surface area contributed by atoms with Crippen molar-refractivity contribution in [2.45, 2.75) is 20.1 Å². The summed E-state index contributed by atoms with van der Waals surface area (Å²) in [6.07, 6.45) is 0. The monoisotopic (exact) mass is 444 g/mol. The zero-order valence-corrected chi connectivity index (χ0v) is 16.8. The molecule has 4 nitrogen and oxygen atoms in total. The molecule has 154 valence electrons. The highest BCUT2D eigenvalue weighted by atomic mass is 35.5. The minimum atomic E-state index is -0.776. The molecule has 0 aliphatic carbocycles. The minimum absolute atomic E-state index is 0. The Morgan fingerprint density at radius 1 is 1.07 bits per heavy atom. The summed E-state index contributed by atoms with van der Waals surface area (Å²) in [5, 5.41) is -0.286. The number of aryl methyl sites for hydroxylation is 1. The Kier molecular flexibility index (Phi) is 7.35. The molecule has 2 N–H and O–H groups in total. The van der Waals surface area contributed by atoms with Gasteiger partial charge in [0.15, 0.2) is 0 Å². The fourth-order valence-corrected chi connectivity index (χ4v) is 2.93. The molecule has 29 heavy (non-hydrogen) atoms. The van der Waals surface area contributed by atoms with Gasteiger partial charge in [-0.3, -0.25) is 9.36 Å². The zero-order valence-electron chi connectivity index (χ0n) is 15.2. The van der Waals surface area contributed by atoms with Gasteiger partial charge in [-0.25, -0.2) is 13.2 Å². The molecule has 1 aromatic heterocycles. The zero-order chi connectivity index (χ0) is 20.4. The Labute approximate surface area is 176 Å².